The molecule has 4 nitrogen and oxygen atoms in total. The first-order valence-electron chi connectivity index (χ1n) is 5.17. The third kappa shape index (κ3) is 2.30. The van der Waals surface area contributed by atoms with Gasteiger partial charge in [-0.25, -0.2) is 9.97 Å². The van der Waals surface area contributed by atoms with Crippen LogP contribution in [-0.4, -0.2) is 9.97 Å². The lowest BCUT2D eigenvalue weighted by molar-refractivity contribution is 1.06. The van der Waals surface area contributed by atoms with Crippen LogP contribution < -0.4 is 11.1 Å². The van der Waals surface area contributed by atoms with Crippen molar-refractivity contribution in [2.45, 2.75) is 19.9 Å². The Morgan fingerprint density at radius 2 is 2.19 bits per heavy atom. The molecule has 0 unspecified atom stereocenters. The average molecular weight is 234 g/mol. The number of rotatable bonds is 4. The van der Waals surface area contributed by atoms with Gasteiger partial charge in [0.2, 0.25) is 0 Å². The van der Waals surface area contributed by atoms with E-state index in [4.69, 9.17) is 5.73 Å². The van der Waals surface area contributed by atoms with Crippen LogP contribution in [0, 0.1) is 0 Å². The number of anilines is 2. The molecule has 0 spiro atoms. The Hall–Kier alpha value is -1.62. The number of nitrogens with zero attached hydrogens (tertiary/aromatic N) is 2. The molecule has 0 fully saturated rings. The maximum Gasteiger partial charge on any atom is 0.169 e. The van der Waals surface area contributed by atoms with Crippen molar-refractivity contribution in [1.29, 1.82) is 0 Å². The van der Waals surface area contributed by atoms with Crippen molar-refractivity contribution in [3.05, 3.63) is 34.3 Å². The van der Waals surface area contributed by atoms with Crippen LogP contribution in [0.4, 0.5) is 11.6 Å². The first-order valence-corrected chi connectivity index (χ1v) is 6.04. The van der Waals surface area contributed by atoms with Gasteiger partial charge in [0.15, 0.2) is 11.6 Å². The Bertz CT molecular complexity index is 467. The van der Waals surface area contributed by atoms with Gasteiger partial charge in [-0.15, -0.1) is 11.3 Å². The minimum Gasteiger partial charge on any atom is -0.381 e. The van der Waals surface area contributed by atoms with Gasteiger partial charge in [0.1, 0.15) is 0 Å². The Morgan fingerprint density at radius 3 is 2.94 bits per heavy atom. The average Bonchev–Trinajstić information content (AvgIpc) is 2.75. The van der Waals surface area contributed by atoms with Gasteiger partial charge in [0.25, 0.3) is 0 Å². The van der Waals surface area contributed by atoms with Gasteiger partial charge < -0.3 is 11.1 Å². The number of thiophene rings is 1. The molecule has 2 aromatic heterocycles. The molecule has 3 N–H and O–H groups in total. The van der Waals surface area contributed by atoms with E-state index in [0.29, 0.717) is 11.6 Å². The molecular weight excluding hydrogens is 220 g/mol. The molecule has 0 radical (unpaired) electrons. The van der Waals surface area contributed by atoms with Crippen LogP contribution in [0.15, 0.2) is 23.8 Å². The van der Waals surface area contributed by atoms with E-state index < -0.39 is 0 Å². The number of nitrogens with one attached hydrogen (secondary N) is 1. The Balaban J connectivity index is 2.05. The molecular formula is C11H14N4S. The van der Waals surface area contributed by atoms with Gasteiger partial charge in [-0.2, -0.15) is 0 Å². The standard InChI is InChI=1S/C11H14N4S/c1-2-8-3-6-16-9(8)7-15-11-10(12)13-4-5-14-11/h3-6H,2,7H2,1H3,(H2,12,13)(H,14,15). The molecule has 0 atom stereocenters. The Kier molecular flexibility index (Phi) is 3.36. The summed E-state index contributed by atoms with van der Waals surface area (Å²) in [5.41, 5.74) is 7.07. The molecule has 0 saturated heterocycles. The first kappa shape index (κ1) is 10.9. The van der Waals surface area contributed by atoms with E-state index >= 15 is 0 Å². The maximum absolute atomic E-state index is 5.70. The van der Waals surface area contributed by atoms with Crippen molar-refractivity contribution in [2.24, 2.45) is 0 Å². The van der Waals surface area contributed by atoms with Crippen LogP contribution >= 0.6 is 11.3 Å². The summed E-state index contributed by atoms with van der Waals surface area (Å²) in [5.74, 6) is 1.09. The maximum atomic E-state index is 5.70. The molecule has 2 heterocycles. The van der Waals surface area contributed by atoms with E-state index in [2.05, 4.69) is 33.7 Å². The number of hydrogen-bond acceptors (Lipinski definition) is 5. The van der Waals surface area contributed by atoms with E-state index in [9.17, 15) is 0 Å². The normalized spacial score (nSPS) is 10.3. The van der Waals surface area contributed by atoms with Crippen LogP contribution in [0.2, 0.25) is 0 Å². The molecule has 0 aliphatic heterocycles. The van der Waals surface area contributed by atoms with E-state index in [1.54, 1.807) is 23.7 Å². The Morgan fingerprint density at radius 1 is 1.38 bits per heavy atom. The molecule has 2 rings (SSSR count). The molecule has 0 saturated carbocycles. The quantitative estimate of drug-likeness (QED) is 0.852. The van der Waals surface area contributed by atoms with E-state index in [1.807, 2.05) is 0 Å². The predicted molar refractivity (Wildman–Crippen MR) is 67.5 cm³/mol. The molecule has 0 amide bonds. The summed E-state index contributed by atoms with van der Waals surface area (Å²) in [4.78, 5) is 9.44. The monoisotopic (exact) mass is 234 g/mol. The lowest BCUT2D eigenvalue weighted by Crippen LogP contribution is -2.05. The summed E-state index contributed by atoms with van der Waals surface area (Å²) in [5, 5.41) is 5.31. The fourth-order valence-corrected chi connectivity index (χ4v) is 2.40. The van der Waals surface area contributed by atoms with Crippen molar-refractivity contribution in [1.82, 2.24) is 9.97 Å². The second kappa shape index (κ2) is 4.94. The number of nitrogen functional groups attached to an aromatic ring is 1. The highest BCUT2D eigenvalue weighted by atomic mass is 32.1. The van der Waals surface area contributed by atoms with Crippen LogP contribution in [-0.2, 0) is 13.0 Å². The second-order valence-electron chi connectivity index (χ2n) is 3.37. The van der Waals surface area contributed by atoms with Gasteiger partial charge in [-0.05, 0) is 23.4 Å². The van der Waals surface area contributed by atoms with Crippen LogP contribution in [0.5, 0.6) is 0 Å². The summed E-state index contributed by atoms with van der Waals surface area (Å²) >= 11 is 1.75. The fraction of sp³-hybridized carbons (Fsp3) is 0.273. The van der Waals surface area contributed by atoms with Crippen molar-refractivity contribution in [2.75, 3.05) is 11.1 Å². The van der Waals surface area contributed by atoms with Crippen LogP contribution in [0.1, 0.15) is 17.4 Å². The number of nitrogens with two attached hydrogens (primary N) is 1. The molecule has 0 aliphatic rings. The highest BCUT2D eigenvalue weighted by Gasteiger charge is 2.04. The molecule has 84 valence electrons. The predicted octanol–water partition coefficient (Wildman–Crippen LogP) is 2.29. The largest absolute Gasteiger partial charge is 0.381 e. The number of hydrogen-bond donors (Lipinski definition) is 2. The zero-order valence-corrected chi connectivity index (χ0v) is 9.92. The topological polar surface area (TPSA) is 63.8 Å². The minimum absolute atomic E-state index is 0.442. The van der Waals surface area contributed by atoms with Gasteiger partial charge in [0.05, 0.1) is 6.54 Å². The lowest BCUT2D eigenvalue weighted by atomic mass is 10.2. The van der Waals surface area contributed by atoms with Crippen molar-refractivity contribution in [3.63, 3.8) is 0 Å². The molecule has 16 heavy (non-hydrogen) atoms. The third-order valence-corrected chi connectivity index (χ3v) is 3.32. The molecule has 5 heteroatoms. The zero-order chi connectivity index (χ0) is 11.4. The van der Waals surface area contributed by atoms with Crippen molar-refractivity contribution in [3.8, 4) is 0 Å². The van der Waals surface area contributed by atoms with E-state index in [-0.39, 0.29) is 0 Å². The number of aromatic nitrogens is 2. The molecule has 2 aromatic rings. The lowest BCUT2D eigenvalue weighted by Gasteiger charge is -2.06. The molecule has 0 bridgehead atoms. The summed E-state index contributed by atoms with van der Waals surface area (Å²) in [6.07, 6.45) is 4.27. The zero-order valence-electron chi connectivity index (χ0n) is 9.10. The van der Waals surface area contributed by atoms with Gasteiger partial charge in [-0.3, -0.25) is 0 Å². The summed E-state index contributed by atoms with van der Waals surface area (Å²) in [6.45, 7) is 2.91. The fourth-order valence-electron chi connectivity index (χ4n) is 1.49. The summed E-state index contributed by atoms with van der Waals surface area (Å²) < 4.78 is 0. The SMILES string of the molecule is CCc1ccsc1CNc1nccnc1N. The van der Waals surface area contributed by atoms with Gasteiger partial charge >= 0.3 is 0 Å². The third-order valence-electron chi connectivity index (χ3n) is 2.36. The summed E-state index contributed by atoms with van der Waals surface area (Å²) in [6, 6.07) is 2.15. The van der Waals surface area contributed by atoms with E-state index in [1.165, 1.54) is 10.4 Å². The minimum atomic E-state index is 0.442. The van der Waals surface area contributed by atoms with Crippen molar-refractivity contribution >= 4 is 23.0 Å². The first-order chi connectivity index (χ1) is 7.81. The Labute approximate surface area is 98.6 Å². The highest BCUT2D eigenvalue weighted by Crippen LogP contribution is 2.19. The van der Waals surface area contributed by atoms with E-state index in [0.717, 1.165) is 13.0 Å². The van der Waals surface area contributed by atoms with Crippen LogP contribution in [0.3, 0.4) is 0 Å². The second-order valence-corrected chi connectivity index (χ2v) is 4.37. The number of aryl methyl sites for hydroxylation is 1. The van der Waals surface area contributed by atoms with Crippen LogP contribution in [0.25, 0.3) is 0 Å². The summed E-state index contributed by atoms with van der Waals surface area (Å²) in [7, 11) is 0. The molecule has 0 aliphatic carbocycles. The van der Waals surface area contributed by atoms with Gasteiger partial charge in [-0.1, -0.05) is 6.92 Å². The smallest absolute Gasteiger partial charge is 0.169 e. The highest BCUT2D eigenvalue weighted by molar-refractivity contribution is 7.10. The molecule has 0 aromatic carbocycles. The van der Waals surface area contributed by atoms with Crippen molar-refractivity contribution < 1.29 is 0 Å². The van der Waals surface area contributed by atoms with Gasteiger partial charge in [0, 0.05) is 17.3 Å².